The van der Waals surface area contributed by atoms with E-state index in [1.54, 1.807) is 17.6 Å². The van der Waals surface area contributed by atoms with Gasteiger partial charge in [0, 0.05) is 16.5 Å². The molecule has 2 aliphatic rings. The topological polar surface area (TPSA) is 81.4 Å². The molecule has 0 saturated carbocycles. The van der Waals surface area contributed by atoms with Crippen molar-refractivity contribution in [2.75, 3.05) is 0 Å². The van der Waals surface area contributed by atoms with E-state index in [1.807, 2.05) is 24.3 Å². The van der Waals surface area contributed by atoms with Crippen LogP contribution in [-0.4, -0.2) is 30.9 Å². The average molecular weight is 375 g/mol. The Kier molecular flexibility index (Phi) is 3.26. The molecule has 1 atom stereocenters. The van der Waals surface area contributed by atoms with E-state index in [2.05, 4.69) is 10.2 Å². The minimum atomic E-state index is -1.80. The van der Waals surface area contributed by atoms with Crippen LogP contribution in [-0.2, 0) is 28.3 Å². The molecule has 6 nitrogen and oxygen atoms in total. The van der Waals surface area contributed by atoms with Gasteiger partial charge in [-0.25, -0.2) is 9.78 Å². The van der Waals surface area contributed by atoms with Crippen LogP contribution in [0, 0.1) is 0 Å². The maximum absolute atomic E-state index is 13.1. The van der Waals surface area contributed by atoms with Gasteiger partial charge in [0.25, 0.3) is 5.56 Å². The van der Waals surface area contributed by atoms with Crippen molar-refractivity contribution in [1.29, 1.82) is 0 Å². The number of hydrogen-bond donors (Lipinski definition) is 1. The number of hydrogen-bond acceptors (Lipinski definition) is 5. The van der Waals surface area contributed by atoms with Crippen LogP contribution in [0.15, 0.2) is 35.1 Å². The normalized spacial score (nSPS) is 20.2. The summed E-state index contributed by atoms with van der Waals surface area (Å²) in [7, 11) is 3.58. The fourth-order valence-corrected chi connectivity index (χ4v) is 4.30. The van der Waals surface area contributed by atoms with Crippen molar-refractivity contribution in [3.05, 3.63) is 57.4 Å². The standard InChI is InChI=1S/C20H15N2O4Si/c1-2-20(25)13-7-14-16-11(6-10-4-3-5-15(27)17(10)21-16)8-22(14)18(23)12(13)9-26-19(20)24/h3-7,25H,2,8-9H2,1H3/t20-/m0/s1. The van der Waals surface area contributed by atoms with Crippen molar-refractivity contribution in [2.24, 2.45) is 0 Å². The molecule has 27 heavy (non-hydrogen) atoms. The Hall–Kier alpha value is -2.77. The Morgan fingerprint density at radius 1 is 1.33 bits per heavy atom. The molecule has 5 rings (SSSR count). The minimum absolute atomic E-state index is 0.118. The van der Waals surface area contributed by atoms with Gasteiger partial charge < -0.3 is 14.4 Å². The quantitative estimate of drug-likeness (QED) is 0.394. The summed E-state index contributed by atoms with van der Waals surface area (Å²) in [6, 6.07) is 9.59. The van der Waals surface area contributed by atoms with Gasteiger partial charge in [0.2, 0.25) is 0 Å². The molecule has 3 radical (unpaired) electrons. The number of rotatable bonds is 1. The highest BCUT2D eigenvalue weighted by Crippen LogP contribution is 2.38. The fraction of sp³-hybridized carbons (Fsp3) is 0.250. The van der Waals surface area contributed by atoms with Crippen LogP contribution in [0.2, 0.25) is 0 Å². The monoisotopic (exact) mass is 375 g/mol. The van der Waals surface area contributed by atoms with E-state index in [9.17, 15) is 14.7 Å². The van der Waals surface area contributed by atoms with Crippen LogP contribution in [0.25, 0.3) is 22.3 Å². The maximum Gasteiger partial charge on any atom is 0.343 e. The Morgan fingerprint density at radius 2 is 2.15 bits per heavy atom. The third kappa shape index (κ3) is 2.06. The SMILES string of the molecule is CC[C@@]1(O)C(=O)OCc2c1cc1n(c2=O)Cc2cc3cccc([Si])c3nc2-1. The Labute approximate surface area is 157 Å². The molecule has 2 aliphatic heterocycles. The number of aliphatic hydroxyl groups is 1. The molecule has 0 amide bonds. The van der Waals surface area contributed by atoms with Gasteiger partial charge in [0.1, 0.15) is 6.61 Å². The lowest BCUT2D eigenvalue weighted by molar-refractivity contribution is -0.172. The number of esters is 1. The summed E-state index contributed by atoms with van der Waals surface area (Å²) in [5.41, 5.74) is 1.67. The molecule has 4 heterocycles. The lowest BCUT2D eigenvalue weighted by Crippen LogP contribution is -2.44. The minimum Gasteiger partial charge on any atom is -0.458 e. The predicted molar refractivity (Wildman–Crippen MR) is 99.9 cm³/mol. The summed E-state index contributed by atoms with van der Waals surface area (Å²) in [4.78, 5) is 30.0. The van der Waals surface area contributed by atoms with Gasteiger partial charge in [-0.1, -0.05) is 25.1 Å². The number of cyclic esters (lactones) is 1. The van der Waals surface area contributed by atoms with Crippen LogP contribution < -0.4 is 10.7 Å². The summed E-state index contributed by atoms with van der Waals surface area (Å²) in [6.07, 6.45) is 0.130. The first kappa shape index (κ1) is 16.4. The van der Waals surface area contributed by atoms with E-state index >= 15 is 0 Å². The molecule has 0 saturated heterocycles. The Morgan fingerprint density at radius 3 is 2.93 bits per heavy atom. The second kappa shape index (κ2) is 5.37. The molecule has 133 valence electrons. The first-order valence-electron chi connectivity index (χ1n) is 8.75. The zero-order valence-corrected chi connectivity index (χ0v) is 15.6. The summed E-state index contributed by atoms with van der Waals surface area (Å²) < 4.78 is 6.72. The number of pyridine rings is 2. The molecule has 0 aliphatic carbocycles. The van der Waals surface area contributed by atoms with Crippen LogP contribution >= 0.6 is 0 Å². The smallest absolute Gasteiger partial charge is 0.343 e. The first-order valence-corrected chi connectivity index (χ1v) is 9.25. The fourth-order valence-electron chi connectivity index (χ4n) is 4.01. The average Bonchev–Trinajstić information content (AvgIpc) is 3.02. The van der Waals surface area contributed by atoms with Gasteiger partial charge >= 0.3 is 5.97 Å². The zero-order chi connectivity index (χ0) is 18.9. The molecule has 1 N–H and O–H groups in total. The second-order valence-corrected chi connectivity index (χ2v) is 7.52. The number of fused-ring (bicyclic) bond motifs is 5. The van der Waals surface area contributed by atoms with E-state index in [0.29, 0.717) is 29.1 Å². The molecule has 1 aromatic carbocycles. The zero-order valence-electron chi connectivity index (χ0n) is 14.6. The second-order valence-electron chi connectivity index (χ2n) is 6.98. The Balaban J connectivity index is 1.82. The van der Waals surface area contributed by atoms with Crippen LogP contribution in [0.5, 0.6) is 0 Å². The highest BCUT2D eigenvalue weighted by atomic mass is 28.1. The predicted octanol–water partition coefficient (Wildman–Crippen LogP) is 0.873. The van der Waals surface area contributed by atoms with Gasteiger partial charge in [-0.3, -0.25) is 4.79 Å². The molecule has 2 aromatic heterocycles. The number of ether oxygens (including phenoxy) is 1. The van der Waals surface area contributed by atoms with Crippen LogP contribution in [0.1, 0.15) is 30.0 Å². The van der Waals surface area contributed by atoms with Gasteiger partial charge in [-0.05, 0) is 23.7 Å². The molecule has 0 fully saturated rings. The largest absolute Gasteiger partial charge is 0.458 e. The number of para-hydroxylation sites is 1. The third-order valence-corrected chi connectivity index (χ3v) is 5.94. The third-order valence-electron chi connectivity index (χ3n) is 5.54. The summed E-state index contributed by atoms with van der Waals surface area (Å²) in [6.45, 7) is 1.98. The number of carbonyl (C=O) groups excluding carboxylic acids is 1. The van der Waals surface area contributed by atoms with Gasteiger partial charge in [0.05, 0.1) is 39.3 Å². The van der Waals surface area contributed by atoms with Crippen molar-refractivity contribution in [3.63, 3.8) is 0 Å². The van der Waals surface area contributed by atoms with Crippen molar-refractivity contribution in [1.82, 2.24) is 9.55 Å². The highest BCUT2D eigenvalue weighted by molar-refractivity contribution is 6.38. The molecule has 3 aromatic rings. The lowest BCUT2D eigenvalue weighted by atomic mass is 9.86. The molecule has 0 unspecified atom stereocenters. The van der Waals surface area contributed by atoms with E-state index in [1.165, 1.54) is 0 Å². The number of benzene rings is 1. The van der Waals surface area contributed by atoms with Crippen molar-refractivity contribution in [3.8, 4) is 11.4 Å². The summed E-state index contributed by atoms with van der Waals surface area (Å²) in [5, 5.41) is 12.7. The number of aromatic nitrogens is 2. The van der Waals surface area contributed by atoms with Crippen LogP contribution in [0.3, 0.4) is 0 Å². The highest BCUT2D eigenvalue weighted by Gasteiger charge is 2.45. The molecular weight excluding hydrogens is 360 g/mol. The summed E-state index contributed by atoms with van der Waals surface area (Å²) in [5.74, 6) is -0.714. The van der Waals surface area contributed by atoms with Gasteiger partial charge in [0.15, 0.2) is 5.60 Å². The lowest BCUT2D eigenvalue weighted by Gasteiger charge is -2.31. The number of nitrogens with zero attached hydrogens (tertiary/aromatic N) is 2. The summed E-state index contributed by atoms with van der Waals surface area (Å²) >= 11 is 0. The van der Waals surface area contributed by atoms with Crippen molar-refractivity contribution < 1.29 is 14.6 Å². The molecular formula is C20H15N2O4Si. The van der Waals surface area contributed by atoms with Gasteiger partial charge in [-0.2, -0.15) is 0 Å². The molecule has 0 spiro atoms. The molecule has 0 bridgehead atoms. The Bertz CT molecular complexity index is 1220. The first-order chi connectivity index (χ1) is 12.9. The van der Waals surface area contributed by atoms with Crippen molar-refractivity contribution in [2.45, 2.75) is 32.1 Å². The van der Waals surface area contributed by atoms with Crippen molar-refractivity contribution >= 4 is 32.3 Å². The van der Waals surface area contributed by atoms with E-state index in [0.717, 1.165) is 21.7 Å². The maximum atomic E-state index is 13.1. The molecule has 7 heteroatoms. The van der Waals surface area contributed by atoms with E-state index in [-0.39, 0.29) is 18.6 Å². The van der Waals surface area contributed by atoms with Gasteiger partial charge in [-0.15, -0.1) is 0 Å². The van der Waals surface area contributed by atoms with E-state index in [4.69, 9.17) is 9.72 Å². The van der Waals surface area contributed by atoms with Crippen LogP contribution in [0.4, 0.5) is 0 Å². The van der Waals surface area contributed by atoms with E-state index < -0.39 is 11.6 Å². The number of carbonyl (C=O) groups is 1.